The Kier molecular flexibility index (Phi) is 4.64. The quantitative estimate of drug-likeness (QED) is 0.519. The highest BCUT2D eigenvalue weighted by Crippen LogP contribution is 2.11. The van der Waals surface area contributed by atoms with Crippen LogP contribution >= 0.6 is 0 Å². The number of benzene rings is 1. The van der Waals surface area contributed by atoms with E-state index in [0.29, 0.717) is 5.56 Å². The van der Waals surface area contributed by atoms with Crippen molar-refractivity contribution in [2.24, 2.45) is 0 Å². The highest BCUT2D eigenvalue weighted by atomic mass is 16.5. The molecule has 0 fully saturated rings. The van der Waals surface area contributed by atoms with Gasteiger partial charge in [0.15, 0.2) is 0 Å². The first kappa shape index (κ1) is 10.7. The molecule has 0 saturated carbocycles. The number of ether oxygens (including phenoxy) is 1. The summed E-state index contributed by atoms with van der Waals surface area (Å²) in [6.45, 7) is 0.764. The second kappa shape index (κ2) is 6.09. The van der Waals surface area contributed by atoms with Gasteiger partial charge in [0.2, 0.25) is 0 Å². The molecular formula is C11H14BNO. The molecule has 0 bridgehead atoms. The zero-order valence-corrected chi connectivity index (χ0v) is 8.49. The summed E-state index contributed by atoms with van der Waals surface area (Å²) in [5.41, 5.74) is 0.672. The normalized spacial score (nSPS) is 9.36. The Balaban J connectivity index is 2.33. The number of nitriles is 1. The number of hydrogen-bond acceptors (Lipinski definition) is 2. The molecule has 0 amide bonds. The number of rotatable bonds is 5. The molecule has 0 spiro atoms. The van der Waals surface area contributed by atoms with Crippen molar-refractivity contribution in [2.45, 2.75) is 19.2 Å². The minimum absolute atomic E-state index is 0.672. The van der Waals surface area contributed by atoms with E-state index >= 15 is 0 Å². The van der Waals surface area contributed by atoms with E-state index in [1.807, 2.05) is 12.1 Å². The summed E-state index contributed by atoms with van der Waals surface area (Å²) in [6, 6.07) is 9.30. The Morgan fingerprint density at radius 3 is 2.50 bits per heavy atom. The van der Waals surface area contributed by atoms with Crippen molar-refractivity contribution in [1.82, 2.24) is 0 Å². The summed E-state index contributed by atoms with van der Waals surface area (Å²) in [4.78, 5) is 0. The molecule has 0 aliphatic carbocycles. The molecule has 0 atom stereocenters. The van der Waals surface area contributed by atoms with Crippen LogP contribution in [0.2, 0.25) is 6.32 Å². The van der Waals surface area contributed by atoms with E-state index in [9.17, 15) is 0 Å². The Morgan fingerprint density at radius 1 is 1.21 bits per heavy atom. The van der Waals surface area contributed by atoms with Crippen molar-refractivity contribution < 1.29 is 4.74 Å². The van der Waals surface area contributed by atoms with Crippen LogP contribution in [-0.2, 0) is 0 Å². The van der Waals surface area contributed by atoms with E-state index in [-0.39, 0.29) is 0 Å². The predicted molar refractivity (Wildman–Crippen MR) is 59.2 cm³/mol. The van der Waals surface area contributed by atoms with Gasteiger partial charge < -0.3 is 4.74 Å². The first-order valence-corrected chi connectivity index (χ1v) is 4.99. The van der Waals surface area contributed by atoms with Crippen LogP contribution in [0.3, 0.4) is 0 Å². The average molecular weight is 187 g/mol. The molecular weight excluding hydrogens is 173 g/mol. The van der Waals surface area contributed by atoms with E-state index < -0.39 is 0 Å². The second-order valence-electron chi connectivity index (χ2n) is 3.19. The summed E-state index contributed by atoms with van der Waals surface area (Å²) in [5.74, 6) is 0.847. The van der Waals surface area contributed by atoms with Gasteiger partial charge in [0.05, 0.1) is 18.2 Å². The third kappa shape index (κ3) is 3.53. The van der Waals surface area contributed by atoms with E-state index in [1.54, 1.807) is 12.1 Å². The lowest BCUT2D eigenvalue weighted by Gasteiger charge is -2.04. The molecule has 2 nitrogen and oxygen atoms in total. The SMILES string of the molecule is BCCCCOc1ccc(C#N)cc1. The summed E-state index contributed by atoms with van der Waals surface area (Å²) in [5, 5.41) is 8.58. The highest BCUT2D eigenvalue weighted by molar-refractivity contribution is 6.08. The van der Waals surface area contributed by atoms with Crippen molar-refractivity contribution in [3.05, 3.63) is 29.8 Å². The average Bonchev–Trinajstić information content (AvgIpc) is 2.25. The summed E-state index contributed by atoms with van der Waals surface area (Å²) in [6.07, 6.45) is 3.50. The smallest absolute Gasteiger partial charge is 0.119 e. The summed E-state index contributed by atoms with van der Waals surface area (Å²) in [7, 11) is 2.17. The number of nitrogens with zero attached hydrogens (tertiary/aromatic N) is 1. The Hall–Kier alpha value is -1.43. The highest BCUT2D eigenvalue weighted by Gasteiger charge is 1.93. The molecule has 1 aromatic carbocycles. The molecule has 0 aliphatic heterocycles. The minimum atomic E-state index is 0.672. The molecule has 1 aromatic rings. The fraction of sp³-hybridized carbons (Fsp3) is 0.364. The first-order chi connectivity index (χ1) is 6.86. The van der Waals surface area contributed by atoms with Gasteiger partial charge in [-0.1, -0.05) is 12.7 Å². The van der Waals surface area contributed by atoms with Crippen molar-refractivity contribution in [3.63, 3.8) is 0 Å². The number of hydrogen-bond donors (Lipinski definition) is 0. The largest absolute Gasteiger partial charge is 0.494 e. The van der Waals surface area contributed by atoms with Crippen LogP contribution in [0.15, 0.2) is 24.3 Å². The monoisotopic (exact) mass is 187 g/mol. The zero-order valence-electron chi connectivity index (χ0n) is 8.49. The predicted octanol–water partition coefficient (Wildman–Crippen LogP) is 1.77. The van der Waals surface area contributed by atoms with Crippen LogP contribution in [0.4, 0.5) is 0 Å². The minimum Gasteiger partial charge on any atom is -0.494 e. The van der Waals surface area contributed by atoms with Gasteiger partial charge in [-0.25, -0.2) is 0 Å². The van der Waals surface area contributed by atoms with Gasteiger partial charge >= 0.3 is 0 Å². The molecule has 72 valence electrons. The third-order valence-corrected chi connectivity index (χ3v) is 2.00. The Labute approximate surface area is 85.9 Å². The second-order valence-corrected chi connectivity index (χ2v) is 3.19. The van der Waals surface area contributed by atoms with Crippen LogP contribution in [0.1, 0.15) is 18.4 Å². The fourth-order valence-corrected chi connectivity index (χ4v) is 1.17. The van der Waals surface area contributed by atoms with Crippen LogP contribution in [0, 0.1) is 11.3 Å². The zero-order chi connectivity index (χ0) is 10.2. The molecule has 0 saturated heterocycles. The van der Waals surface area contributed by atoms with Crippen LogP contribution in [0.5, 0.6) is 5.75 Å². The van der Waals surface area contributed by atoms with Crippen molar-refractivity contribution >= 4 is 7.85 Å². The Morgan fingerprint density at radius 2 is 1.93 bits per heavy atom. The van der Waals surface area contributed by atoms with Gasteiger partial charge in [-0.2, -0.15) is 5.26 Å². The molecule has 0 radical (unpaired) electrons. The van der Waals surface area contributed by atoms with Crippen LogP contribution < -0.4 is 4.74 Å². The molecule has 0 unspecified atom stereocenters. The molecule has 3 heteroatoms. The van der Waals surface area contributed by atoms with Gasteiger partial charge in [0.25, 0.3) is 0 Å². The lowest BCUT2D eigenvalue weighted by molar-refractivity contribution is 0.309. The van der Waals surface area contributed by atoms with E-state index in [0.717, 1.165) is 18.8 Å². The van der Waals surface area contributed by atoms with Gasteiger partial charge in [0, 0.05) is 0 Å². The van der Waals surface area contributed by atoms with Crippen molar-refractivity contribution in [2.75, 3.05) is 6.61 Å². The van der Waals surface area contributed by atoms with Gasteiger partial charge in [0.1, 0.15) is 13.6 Å². The maximum atomic E-state index is 8.58. The summed E-state index contributed by atoms with van der Waals surface area (Å²) < 4.78 is 5.50. The third-order valence-electron chi connectivity index (χ3n) is 2.00. The van der Waals surface area contributed by atoms with E-state index in [1.165, 1.54) is 12.7 Å². The van der Waals surface area contributed by atoms with Crippen molar-refractivity contribution in [1.29, 1.82) is 5.26 Å². The number of unbranched alkanes of at least 4 members (excludes halogenated alkanes) is 1. The molecule has 0 aromatic heterocycles. The van der Waals surface area contributed by atoms with Gasteiger partial charge in [-0.15, -0.1) is 0 Å². The maximum absolute atomic E-state index is 8.58. The van der Waals surface area contributed by atoms with Gasteiger partial charge in [-0.3, -0.25) is 0 Å². The summed E-state index contributed by atoms with van der Waals surface area (Å²) >= 11 is 0. The van der Waals surface area contributed by atoms with E-state index in [4.69, 9.17) is 10.00 Å². The molecule has 0 N–H and O–H groups in total. The molecule has 1 rings (SSSR count). The topological polar surface area (TPSA) is 33.0 Å². The molecule has 0 aliphatic rings. The lowest BCUT2D eigenvalue weighted by Crippen LogP contribution is -1.96. The first-order valence-electron chi connectivity index (χ1n) is 4.99. The standard InChI is InChI=1S/C11H14BNO/c12-7-1-2-8-14-11-5-3-10(9-13)4-6-11/h3-6H,1-2,7-8,12H2. The van der Waals surface area contributed by atoms with E-state index in [2.05, 4.69) is 13.9 Å². The van der Waals surface area contributed by atoms with Crippen LogP contribution in [-0.4, -0.2) is 14.5 Å². The Bertz CT molecular complexity index is 302. The fourth-order valence-electron chi connectivity index (χ4n) is 1.17. The lowest BCUT2D eigenvalue weighted by atomic mass is 10.0. The van der Waals surface area contributed by atoms with Gasteiger partial charge in [-0.05, 0) is 30.7 Å². The van der Waals surface area contributed by atoms with Crippen LogP contribution in [0.25, 0.3) is 0 Å². The molecule has 14 heavy (non-hydrogen) atoms. The van der Waals surface area contributed by atoms with Crippen molar-refractivity contribution in [3.8, 4) is 11.8 Å². The molecule has 0 heterocycles. The maximum Gasteiger partial charge on any atom is 0.119 e.